The first-order valence-electron chi connectivity index (χ1n) is 11.7. The van der Waals surface area contributed by atoms with Gasteiger partial charge in [-0.05, 0) is 67.6 Å². The van der Waals surface area contributed by atoms with Gasteiger partial charge in [-0.2, -0.15) is 4.31 Å². The predicted molar refractivity (Wildman–Crippen MR) is 129 cm³/mol. The number of likely N-dealkylation sites (tertiary alicyclic amines) is 1. The van der Waals surface area contributed by atoms with Crippen molar-refractivity contribution in [3.8, 4) is 5.75 Å². The Morgan fingerprint density at radius 2 is 1.65 bits per heavy atom. The third-order valence-corrected chi connectivity index (χ3v) is 8.37. The van der Waals surface area contributed by atoms with Crippen molar-refractivity contribution in [1.82, 2.24) is 9.21 Å². The molecule has 0 radical (unpaired) electrons. The molecule has 182 valence electrons. The summed E-state index contributed by atoms with van der Waals surface area (Å²) in [5.74, 6) is 0.0876. The SMILES string of the molecule is COc1ccc(S(=O)(=O)N2CCCC(C(=O)Nc3ccc(CC(=O)N4CCCC4)cc3)C2)cc1. The Bertz CT molecular complexity index is 1110. The highest BCUT2D eigenvalue weighted by Gasteiger charge is 2.33. The minimum Gasteiger partial charge on any atom is -0.497 e. The van der Waals surface area contributed by atoms with Gasteiger partial charge in [-0.25, -0.2) is 8.42 Å². The van der Waals surface area contributed by atoms with Gasteiger partial charge in [0.15, 0.2) is 0 Å². The Morgan fingerprint density at radius 3 is 2.29 bits per heavy atom. The molecular formula is C25H31N3O5S. The number of amides is 2. The largest absolute Gasteiger partial charge is 0.497 e. The van der Waals surface area contributed by atoms with E-state index in [0.717, 1.165) is 31.5 Å². The average molecular weight is 486 g/mol. The monoisotopic (exact) mass is 485 g/mol. The van der Waals surface area contributed by atoms with Crippen molar-refractivity contribution in [2.75, 3.05) is 38.6 Å². The lowest BCUT2D eigenvalue weighted by Gasteiger charge is -2.31. The molecule has 0 aliphatic carbocycles. The fourth-order valence-electron chi connectivity index (χ4n) is 4.47. The molecule has 2 heterocycles. The summed E-state index contributed by atoms with van der Waals surface area (Å²) >= 11 is 0. The van der Waals surface area contributed by atoms with E-state index in [9.17, 15) is 18.0 Å². The van der Waals surface area contributed by atoms with Crippen LogP contribution in [0.2, 0.25) is 0 Å². The third-order valence-electron chi connectivity index (χ3n) is 6.49. The van der Waals surface area contributed by atoms with Crippen molar-refractivity contribution < 1.29 is 22.7 Å². The molecular weight excluding hydrogens is 454 g/mol. The van der Waals surface area contributed by atoms with Crippen LogP contribution in [0.5, 0.6) is 5.75 Å². The molecule has 1 N–H and O–H groups in total. The summed E-state index contributed by atoms with van der Waals surface area (Å²) < 4.78 is 32.6. The predicted octanol–water partition coefficient (Wildman–Crippen LogP) is 2.90. The van der Waals surface area contributed by atoms with Crippen molar-refractivity contribution in [2.45, 2.75) is 37.0 Å². The number of piperidine rings is 1. The number of rotatable bonds is 7. The lowest BCUT2D eigenvalue weighted by atomic mass is 9.98. The first kappa shape index (κ1) is 24.2. The van der Waals surface area contributed by atoms with Gasteiger partial charge in [0.1, 0.15) is 5.75 Å². The number of carbonyl (C=O) groups excluding carboxylic acids is 2. The van der Waals surface area contributed by atoms with E-state index in [2.05, 4.69) is 5.32 Å². The van der Waals surface area contributed by atoms with E-state index in [-0.39, 0.29) is 23.3 Å². The van der Waals surface area contributed by atoms with Crippen LogP contribution in [-0.2, 0) is 26.0 Å². The first-order valence-corrected chi connectivity index (χ1v) is 13.1. The number of nitrogens with one attached hydrogen (secondary N) is 1. The summed E-state index contributed by atoms with van der Waals surface area (Å²) in [5, 5.41) is 2.90. The fourth-order valence-corrected chi connectivity index (χ4v) is 6.00. The van der Waals surface area contributed by atoms with Crippen LogP contribution in [0.25, 0.3) is 0 Å². The lowest BCUT2D eigenvalue weighted by Crippen LogP contribution is -2.43. The van der Waals surface area contributed by atoms with Gasteiger partial charge in [-0.15, -0.1) is 0 Å². The molecule has 2 amide bonds. The lowest BCUT2D eigenvalue weighted by molar-refractivity contribution is -0.129. The molecule has 2 saturated heterocycles. The molecule has 0 saturated carbocycles. The molecule has 0 aromatic heterocycles. The van der Waals surface area contributed by atoms with Gasteiger partial charge >= 0.3 is 0 Å². The van der Waals surface area contributed by atoms with Crippen LogP contribution in [0.15, 0.2) is 53.4 Å². The summed E-state index contributed by atoms with van der Waals surface area (Å²) in [6.07, 6.45) is 3.73. The molecule has 0 spiro atoms. The third kappa shape index (κ3) is 5.59. The van der Waals surface area contributed by atoms with E-state index in [1.807, 2.05) is 17.0 Å². The van der Waals surface area contributed by atoms with Crippen molar-refractivity contribution in [3.05, 3.63) is 54.1 Å². The fraction of sp³-hybridized carbons (Fsp3) is 0.440. The maximum atomic E-state index is 13.1. The Kier molecular flexibility index (Phi) is 7.53. The molecule has 34 heavy (non-hydrogen) atoms. The standard InChI is InChI=1S/C25H31N3O5S/c1-33-22-10-12-23(13-11-22)34(31,32)28-16-4-5-20(18-28)25(30)26-21-8-6-19(7-9-21)17-24(29)27-14-2-3-15-27/h6-13,20H,2-5,14-18H2,1H3,(H,26,30). The average Bonchev–Trinajstić information content (AvgIpc) is 3.41. The number of methoxy groups -OCH3 is 1. The number of carbonyl (C=O) groups is 2. The molecule has 2 aliphatic heterocycles. The number of sulfonamides is 1. The van der Waals surface area contributed by atoms with Crippen LogP contribution in [0.3, 0.4) is 0 Å². The van der Waals surface area contributed by atoms with E-state index in [4.69, 9.17) is 4.74 Å². The highest BCUT2D eigenvalue weighted by molar-refractivity contribution is 7.89. The molecule has 4 rings (SSSR count). The van der Waals surface area contributed by atoms with E-state index in [1.165, 1.54) is 23.5 Å². The number of nitrogens with zero attached hydrogens (tertiary/aromatic N) is 2. The first-order chi connectivity index (χ1) is 16.4. The second kappa shape index (κ2) is 10.6. The Labute approximate surface area is 200 Å². The maximum absolute atomic E-state index is 13.1. The molecule has 2 aromatic carbocycles. The van der Waals surface area contributed by atoms with Gasteiger partial charge in [0.05, 0.1) is 24.3 Å². The second-order valence-corrected chi connectivity index (χ2v) is 10.8. The minimum absolute atomic E-state index is 0.134. The summed E-state index contributed by atoms with van der Waals surface area (Å²) in [7, 11) is -2.16. The highest BCUT2D eigenvalue weighted by Crippen LogP contribution is 2.26. The van der Waals surface area contributed by atoms with Crippen molar-refractivity contribution >= 4 is 27.5 Å². The van der Waals surface area contributed by atoms with Gasteiger partial charge in [0.2, 0.25) is 21.8 Å². The van der Waals surface area contributed by atoms with Crippen LogP contribution in [0, 0.1) is 5.92 Å². The van der Waals surface area contributed by atoms with Crippen LogP contribution in [0.1, 0.15) is 31.2 Å². The smallest absolute Gasteiger partial charge is 0.243 e. The Morgan fingerprint density at radius 1 is 0.971 bits per heavy atom. The zero-order valence-electron chi connectivity index (χ0n) is 19.4. The van der Waals surface area contributed by atoms with Crippen LogP contribution in [0.4, 0.5) is 5.69 Å². The molecule has 2 aliphatic rings. The van der Waals surface area contributed by atoms with Crippen molar-refractivity contribution in [1.29, 1.82) is 0 Å². The quantitative estimate of drug-likeness (QED) is 0.651. The molecule has 9 heteroatoms. The zero-order chi connectivity index (χ0) is 24.1. The normalized spacial score (nSPS) is 19.1. The molecule has 1 unspecified atom stereocenters. The van der Waals surface area contributed by atoms with E-state index in [1.54, 1.807) is 24.3 Å². The number of hydrogen-bond donors (Lipinski definition) is 1. The van der Waals surface area contributed by atoms with Gasteiger partial charge < -0.3 is 15.0 Å². The van der Waals surface area contributed by atoms with Crippen LogP contribution in [-0.4, -0.2) is 62.7 Å². The number of benzene rings is 2. The van der Waals surface area contributed by atoms with E-state index in [0.29, 0.717) is 37.2 Å². The highest BCUT2D eigenvalue weighted by atomic mass is 32.2. The number of hydrogen-bond acceptors (Lipinski definition) is 5. The van der Waals surface area contributed by atoms with Gasteiger partial charge in [-0.3, -0.25) is 9.59 Å². The van der Waals surface area contributed by atoms with Crippen molar-refractivity contribution in [2.24, 2.45) is 5.92 Å². The summed E-state index contributed by atoms with van der Waals surface area (Å²) in [5.41, 5.74) is 1.54. The van der Waals surface area contributed by atoms with Gasteiger partial charge in [-0.1, -0.05) is 12.1 Å². The number of anilines is 1. The molecule has 0 bridgehead atoms. The molecule has 1 atom stereocenters. The van der Waals surface area contributed by atoms with Crippen LogP contribution < -0.4 is 10.1 Å². The van der Waals surface area contributed by atoms with Crippen molar-refractivity contribution in [3.63, 3.8) is 0 Å². The molecule has 2 fully saturated rings. The number of ether oxygens (including phenoxy) is 1. The Balaban J connectivity index is 1.35. The Hall–Kier alpha value is -2.91. The van der Waals surface area contributed by atoms with Crippen LogP contribution >= 0.6 is 0 Å². The van der Waals surface area contributed by atoms with E-state index < -0.39 is 15.9 Å². The summed E-state index contributed by atoms with van der Waals surface area (Å²) in [6, 6.07) is 13.6. The topological polar surface area (TPSA) is 96.0 Å². The zero-order valence-corrected chi connectivity index (χ0v) is 20.2. The maximum Gasteiger partial charge on any atom is 0.243 e. The summed E-state index contributed by atoms with van der Waals surface area (Å²) in [4.78, 5) is 27.3. The molecule has 8 nitrogen and oxygen atoms in total. The van der Waals surface area contributed by atoms with Gasteiger partial charge in [0, 0.05) is 31.9 Å². The van der Waals surface area contributed by atoms with Gasteiger partial charge in [0.25, 0.3) is 0 Å². The second-order valence-electron chi connectivity index (χ2n) is 8.83. The summed E-state index contributed by atoms with van der Waals surface area (Å²) in [6.45, 7) is 2.19. The van der Waals surface area contributed by atoms with E-state index >= 15 is 0 Å². The minimum atomic E-state index is -3.69. The molecule has 2 aromatic rings.